The molecular weight excluding hydrogens is 417 g/mol. The molecule has 0 bridgehead atoms. The third-order valence-electron chi connectivity index (χ3n) is 4.90. The van der Waals surface area contributed by atoms with Crippen LogP contribution in [-0.2, 0) is 4.79 Å². The molecule has 30 heavy (non-hydrogen) atoms. The molecule has 0 aliphatic carbocycles. The molecule has 3 heterocycles. The number of nitrogens with one attached hydrogen (secondary N) is 1. The largest absolute Gasteiger partial charge is 0.479 e. The van der Waals surface area contributed by atoms with Gasteiger partial charge >= 0.3 is 11.9 Å². The number of aromatic nitrogens is 1. The zero-order valence-corrected chi connectivity index (χ0v) is 17.2. The number of nitrogens with zero attached hydrogens (tertiary/aromatic N) is 2. The van der Waals surface area contributed by atoms with Gasteiger partial charge in [0.2, 0.25) is 5.43 Å². The summed E-state index contributed by atoms with van der Waals surface area (Å²) in [7, 11) is 0. The van der Waals surface area contributed by atoms with Gasteiger partial charge in [0.05, 0.1) is 21.6 Å². The van der Waals surface area contributed by atoms with Crippen molar-refractivity contribution in [3.8, 4) is 0 Å². The van der Waals surface area contributed by atoms with Gasteiger partial charge in [-0.3, -0.25) is 4.79 Å². The number of carbonyl (C=O) groups is 2. The van der Waals surface area contributed by atoms with E-state index in [-0.39, 0.29) is 16.3 Å². The Bertz CT molecular complexity index is 1060. The molecule has 2 aromatic rings. The number of carboxylic acid groups (broad SMARTS) is 2. The van der Waals surface area contributed by atoms with Crippen molar-refractivity contribution in [1.29, 1.82) is 0 Å². The molecule has 2 aliphatic heterocycles. The van der Waals surface area contributed by atoms with Crippen LogP contribution in [0.5, 0.6) is 0 Å². The number of piperazine rings is 1. The lowest BCUT2D eigenvalue weighted by atomic mass is 10.1. The first kappa shape index (κ1) is 22.1. The number of benzene rings is 1. The fourth-order valence-corrected chi connectivity index (χ4v) is 4.53. The van der Waals surface area contributed by atoms with Crippen molar-refractivity contribution in [3.05, 3.63) is 33.7 Å². The van der Waals surface area contributed by atoms with Gasteiger partial charge in [-0.2, -0.15) is 0 Å². The molecule has 1 aromatic heterocycles. The number of carboxylic acids is 2. The molecule has 1 aromatic carbocycles. The van der Waals surface area contributed by atoms with Crippen molar-refractivity contribution >= 4 is 40.3 Å². The van der Waals surface area contributed by atoms with Gasteiger partial charge in [-0.05, 0) is 26.0 Å². The third-order valence-corrected chi connectivity index (χ3v) is 6.08. The van der Waals surface area contributed by atoms with E-state index in [1.165, 1.54) is 24.8 Å². The Hall–Kier alpha value is -2.63. The van der Waals surface area contributed by atoms with Crippen LogP contribution in [0, 0.1) is 5.82 Å². The molecule has 4 N–H and O–H groups in total. The van der Waals surface area contributed by atoms with E-state index >= 15 is 0 Å². The molecule has 2 aliphatic rings. The highest BCUT2D eigenvalue weighted by Gasteiger charge is 2.33. The van der Waals surface area contributed by atoms with Crippen molar-refractivity contribution in [2.75, 3.05) is 31.1 Å². The maximum Gasteiger partial charge on any atom is 0.342 e. The van der Waals surface area contributed by atoms with Crippen LogP contribution in [-0.4, -0.2) is 64.1 Å². The number of rotatable bonds is 3. The smallest absolute Gasteiger partial charge is 0.342 e. The van der Waals surface area contributed by atoms with E-state index in [0.717, 1.165) is 13.1 Å². The van der Waals surface area contributed by atoms with Gasteiger partial charge in [0.1, 0.15) is 17.5 Å². The topological polar surface area (TPSA) is 132 Å². The minimum Gasteiger partial charge on any atom is -0.479 e. The molecule has 1 fully saturated rings. The van der Waals surface area contributed by atoms with E-state index in [0.29, 0.717) is 29.3 Å². The number of anilines is 1. The summed E-state index contributed by atoms with van der Waals surface area (Å²) in [6.07, 6.45) is -1.23. The minimum absolute atomic E-state index is 0.0162. The summed E-state index contributed by atoms with van der Waals surface area (Å²) in [5, 5.41) is 28.9. The van der Waals surface area contributed by atoms with Crippen LogP contribution in [0.25, 0.3) is 10.9 Å². The van der Waals surface area contributed by atoms with E-state index in [4.69, 9.17) is 10.2 Å². The highest BCUT2D eigenvalue weighted by molar-refractivity contribution is 8.00. The lowest BCUT2D eigenvalue weighted by Crippen LogP contribution is -2.44. The Morgan fingerprint density at radius 1 is 1.27 bits per heavy atom. The number of aliphatic hydroxyl groups excluding tert-OH is 1. The highest BCUT2D eigenvalue weighted by atomic mass is 32.2. The molecule has 9 nitrogen and oxygen atoms in total. The summed E-state index contributed by atoms with van der Waals surface area (Å²) >= 11 is 1.35. The van der Waals surface area contributed by atoms with Crippen molar-refractivity contribution in [2.24, 2.45) is 0 Å². The van der Waals surface area contributed by atoms with Gasteiger partial charge in [0.25, 0.3) is 0 Å². The zero-order chi connectivity index (χ0) is 22.2. The van der Waals surface area contributed by atoms with Gasteiger partial charge in [-0.1, -0.05) is 11.8 Å². The summed E-state index contributed by atoms with van der Waals surface area (Å²) in [5.41, 5.74) is 0.181. The average molecular weight is 439 g/mol. The first-order valence-corrected chi connectivity index (χ1v) is 10.2. The summed E-state index contributed by atoms with van der Waals surface area (Å²) in [6, 6.07) is 2.87. The molecule has 2 atom stereocenters. The standard InChI is InChI=1S/C16H16FN3O3S.C3H6O3/c1-8-20-11-7-12(19-4-2-18-3-5-19)10(17)6-9(11)14(21)13(16(22)23)15(20)24-8;1-2(4)3(5)6/h6-8,18H,2-5H2,1H3,(H,22,23);2,4H,1H3,(H,5,6)/t8-;/m1./s1. The molecule has 11 heteroatoms. The lowest BCUT2D eigenvalue weighted by Gasteiger charge is -2.34. The third kappa shape index (κ3) is 4.00. The second-order valence-electron chi connectivity index (χ2n) is 6.97. The van der Waals surface area contributed by atoms with Crippen LogP contribution in [0.3, 0.4) is 0 Å². The predicted octanol–water partition coefficient (Wildman–Crippen LogP) is 1.32. The quantitative estimate of drug-likeness (QED) is 0.559. The monoisotopic (exact) mass is 439 g/mol. The summed E-state index contributed by atoms with van der Waals surface area (Å²) in [6.45, 7) is 6.07. The van der Waals surface area contributed by atoms with E-state index in [2.05, 4.69) is 5.32 Å². The van der Waals surface area contributed by atoms with Gasteiger partial charge in [-0.25, -0.2) is 14.0 Å². The second kappa shape index (κ2) is 8.62. The maximum absolute atomic E-state index is 14.6. The van der Waals surface area contributed by atoms with Crippen molar-refractivity contribution in [1.82, 2.24) is 9.88 Å². The van der Waals surface area contributed by atoms with Gasteiger partial charge in [0.15, 0.2) is 0 Å². The van der Waals surface area contributed by atoms with E-state index in [9.17, 15) is 23.9 Å². The fraction of sp³-hybridized carbons (Fsp3) is 0.421. The Balaban J connectivity index is 0.000000377. The Morgan fingerprint density at radius 3 is 2.37 bits per heavy atom. The highest BCUT2D eigenvalue weighted by Crippen LogP contribution is 2.46. The molecule has 0 amide bonds. The average Bonchev–Trinajstić information content (AvgIpc) is 2.68. The van der Waals surface area contributed by atoms with Crippen LogP contribution in [0.1, 0.15) is 29.6 Å². The molecule has 4 rings (SSSR count). The van der Waals surface area contributed by atoms with E-state index < -0.39 is 29.3 Å². The number of aliphatic carboxylic acids is 1. The van der Waals surface area contributed by atoms with Crippen LogP contribution >= 0.6 is 11.8 Å². The summed E-state index contributed by atoms with van der Waals surface area (Å²) < 4.78 is 16.4. The number of thioether (sulfide) groups is 1. The molecule has 0 radical (unpaired) electrons. The molecule has 162 valence electrons. The predicted molar refractivity (Wildman–Crippen MR) is 110 cm³/mol. The molecule has 0 spiro atoms. The van der Waals surface area contributed by atoms with Crippen LogP contribution < -0.4 is 15.6 Å². The van der Waals surface area contributed by atoms with Crippen molar-refractivity contribution < 1.29 is 29.3 Å². The number of hydrogen-bond donors (Lipinski definition) is 4. The number of aromatic carboxylic acids is 1. The Morgan fingerprint density at radius 2 is 1.87 bits per heavy atom. The first-order valence-electron chi connectivity index (χ1n) is 9.31. The summed E-state index contributed by atoms with van der Waals surface area (Å²) in [5.74, 6) is -2.94. The van der Waals surface area contributed by atoms with Crippen LogP contribution in [0.4, 0.5) is 10.1 Å². The SMILES string of the molecule is CC(O)C(=O)O.C[C@H]1Sc2c(C(=O)O)c(=O)c3cc(F)c(N4CCNCC4)cc3n21. The van der Waals surface area contributed by atoms with Gasteiger partial charge < -0.3 is 30.1 Å². The first-order chi connectivity index (χ1) is 14.1. The number of halogens is 1. The maximum atomic E-state index is 14.6. The summed E-state index contributed by atoms with van der Waals surface area (Å²) in [4.78, 5) is 35.4. The van der Waals surface area contributed by atoms with Crippen LogP contribution in [0.2, 0.25) is 0 Å². The van der Waals surface area contributed by atoms with E-state index in [1.54, 1.807) is 6.07 Å². The molecule has 1 saturated heterocycles. The number of pyridine rings is 1. The van der Waals surface area contributed by atoms with Gasteiger partial charge in [0, 0.05) is 31.6 Å². The zero-order valence-electron chi connectivity index (χ0n) is 16.4. The van der Waals surface area contributed by atoms with Crippen LogP contribution in [0.15, 0.2) is 22.0 Å². The van der Waals surface area contributed by atoms with Crippen molar-refractivity contribution in [2.45, 2.75) is 30.4 Å². The number of hydrogen-bond acceptors (Lipinski definition) is 7. The second-order valence-corrected chi connectivity index (χ2v) is 8.28. The molecular formula is C19H22FN3O6S. The minimum atomic E-state index is -1.27. The fourth-order valence-electron chi connectivity index (χ4n) is 3.37. The number of aliphatic hydroxyl groups is 1. The molecule has 0 saturated carbocycles. The van der Waals surface area contributed by atoms with E-state index in [1.807, 2.05) is 16.4 Å². The normalized spacial score (nSPS) is 18.7. The molecule has 1 unspecified atom stereocenters. The lowest BCUT2D eigenvalue weighted by molar-refractivity contribution is -0.145. The Labute approximate surface area is 175 Å². The number of fused-ring (bicyclic) bond motifs is 3. The van der Waals surface area contributed by atoms with Gasteiger partial charge in [-0.15, -0.1) is 0 Å². The van der Waals surface area contributed by atoms with Crippen molar-refractivity contribution in [3.63, 3.8) is 0 Å². The Kier molecular flexibility index (Phi) is 6.34.